The number of aryl methyl sites for hydroxylation is 2. The number of pyridine rings is 1. The molecule has 8 nitrogen and oxygen atoms in total. The lowest BCUT2D eigenvalue weighted by atomic mass is 10.1. The van der Waals surface area contributed by atoms with E-state index in [-0.39, 0.29) is 12.5 Å². The Labute approximate surface area is 152 Å². The highest BCUT2D eigenvalue weighted by molar-refractivity contribution is 5.93. The van der Waals surface area contributed by atoms with E-state index in [0.29, 0.717) is 18.1 Å². The Hall–Kier alpha value is -2.45. The van der Waals surface area contributed by atoms with Crippen LogP contribution in [0.5, 0.6) is 5.88 Å². The second kappa shape index (κ2) is 9.88. The molecule has 1 atom stereocenters. The smallest absolute Gasteiger partial charge is 0.252 e. The average Bonchev–Trinajstić information content (AvgIpc) is 3.02. The van der Waals surface area contributed by atoms with E-state index in [2.05, 4.69) is 22.4 Å². The van der Waals surface area contributed by atoms with Crippen LogP contribution in [0.25, 0.3) is 0 Å². The SMILES string of the molecule is CCCCc1noc(C)c1COc1ccc(C(=O)NCC(O)CO)cn1. The van der Waals surface area contributed by atoms with Crippen LogP contribution in [0, 0.1) is 6.92 Å². The first-order valence-electron chi connectivity index (χ1n) is 8.65. The topological polar surface area (TPSA) is 118 Å². The highest BCUT2D eigenvalue weighted by Crippen LogP contribution is 2.18. The van der Waals surface area contributed by atoms with Gasteiger partial charge in [0, 0.05) is 18.8 Å². The Morgan fingerprint density at radius 3 is 2.88 bits per heavy atom. The minimum Gasteiger partial charge on any atom is -0.473 e. The molecule has 3 N–H and O–H groups in total. The maximum Gasteiger partial charge on any atom is 0.252 e. The van der Waals surface area contributed by atoms with E-state index in [1.54, 1.807) is 12.1 Å². The molecule has 2 rings (SSSR count). The number of hydrogen-bond acceptors (Lipinski definition) is 7. The van der Waals surface area contributed by atoms with Crippen LogP contribution in [0.2, 0.25) is 0 Å². The molecule has 1 amide bonds. The largest absolute Gasteiger partial charge is 0.473 e. The van der Waals surface area contributed by atoms with Gasteiger partial charge in [-0.05, 0) is 25.8 Å². The number of nitrogens with one attached hydrogen (secondary N) is 1. The maximum absolute atomic E-state index is 11.9. The van der Waals surface area contributed by atoms with E-state index < -0.39 is 12.7 Å². The van der Waals surface area contributed by atoms with Crippen molar-refractivity contribution >= 4 is 5.91 Å². The first kappa shape index (κ1) is 19.9. The lowest BCUT2D eigenvalue weighted by Crippen LogP contribution is -2.33. The summed E-state index contributed by atoms with van der Waals surface area (Å²) in [5.41, 5.74) is 2.18. The monoisotopic (exact) mass is 363 g/mol. The van der Waals surface area contributed by atoms with Gasteiger partial charge in [0.2, 0.25) is 5.88 Å². The van der Waals surface area contributed by atoms with Crippen molar-refractivity contribution in [2.24, 2.45) is 0 Å². The van der Waals surface area contributed by atoms with Crippen LogP contribution in [0.3, 0.4) is 0 Å². The minimum atomic E-state index is -0.983. The maximum atomic E-state index is 11.9. The molecule has 0 radical (unpaired) electrons. The summed E-state index contributed by atoms with van der Waals surface area (Å²) in [6.45, 7) is 3.84. The van der Waals surface area contributed by atoms with Crippen LogP contribution in [0.1, 0.15) is 47.1 Å². The highest BCUT2D eigenvalue weighted by atomic mass is 16.5. The van der Waals surface area contributed by atoms with Crippen LogP contribution < -0.4 is 10.1 Å². The molecule has 1 unspecified atom stereocenters. The van der Waals surface area contributed by atoms with E-state index in [0.717, 1.165) is 36.3 Å². The van der Waals surface area contributed by atoms with Gasteiger partial charge in [0.05, 0.1) is 29.5 Å². The van der Waals surface area contributed by atoms with Crippen LogP contribution >= 0.6 is 0 Å². The molecule has 0 fully saturated rings. The number of aliphatic hydroxyl groups is 2. The van der Waals surface area contributed by atoms with Crippen molar-refractivity contribution in [2.75, 3.05) is 13.2 Å². The van der Waals surface area contributed by atoms with Gasteiger partial charge in [-0.15, -0.1) is 0 Å². The van der Waals surface area contributed by atoms with Crippen molar-refractivity contribution in [3.63, 3.8) is 0 Å². The van der Waals surface area contributed by atoms with Crippen LogP contribution in [0.4, 0.5) is 0 Å². The third-order valence-corrected chi connectivity index (χ3v) is 3.91. The Kier molecular flexibility index (Phi) is 7.55. The van der Waals surface area contributed by atoms with Crippen molar-refractivity contribution in [3.05, 3.63) is 40.9 Å². The normalized spacial score (nSPS) is 12.0. The number of rotatable bonds is 10. The second-order valence-electron chi connectivity index (χ2n) is 5.99. The molecule has 2 aromatic rings. The van der Waals surface area contributed by atoms with Gasteiger partial charge in [0.1, 0.15) is 12.4 Å². The molecule has 0 saturated heterocycles. The van der Waals surface area contributed by atoms with Gasteiger partial charge in [-0.25, -0.2) is 4.98 Å². The van der Waals surface area contributed by atoms with Gasteiger partial charge >= 0.3 is 0 Å². The van der Waals surface area contributed by atoms with Crippen LogP contribution in [0.15, 0.2) is 22.9 Å². The first-order valence-corrected chi connectivity index (χ1v) is 8.65. The average molecular weight is 363 g/mol. The number of nitrogens with zero attached hydrogens (tertiary/aromatic N) is 2. The molecular weight excluding hydrogens is 338 g/mol. The molecule has 0 aromatic carbocycles. The molecule has 0 spiro atoms. The van der Waals surface area contributed by atoms with E-state index in [4.69, 9.17) is 14.4 Å². The number of carbonyl (C=O) groups excluding carboxylic acids is 1. The Balaban J connectivity index is 1.91. The summed E-state index contributed by atoms with van der Waals surface area (Å²) < 4.78 is 10.9. The number of aromatic nitrogens is 2. The molecule has 142 valence electrons. The predicted molar refractivity (Wildman–Crippen MR) is 93.8 cm³/mol. The van der Waals surface area contributed by atoms with Gasteiger partial charge in [-0.1, -0.05) is 18.5 Å². The number of ether oxygens (including phenoxy) is 1. The third-order valence-electron chi connectivity index (χ3n) is 3.91. The quantitative estimate of drug-likeness (QED) is 0.584. The summed E-state index contributed by atoms with van der Waals surface area (Å²) in [6, 6.07) is 3.19. The van der Waals surface area contributed by atoms with Gasteiger partial charge in [-0.2, -0.15) is 0 Å². The van der Waals surface area contributed by atoms with Gasteiger partial charge in [0.15, 0.2) is 0 Å². The van der Waals surface area contributed by atoms with E-state index in [9.17, 15) is 9.90 Å². The number of hydrogen-bond donors (Lipinski definition) is 3. The molecule has 2 aromatic heterocycles. The number of unbranched alkanes of at least 4 members (excludes halogenated alkanes) is 1. The van der Waals surface area contributed by atoms with Crippen LogP contribution in [-0.4, -0.2) is 45.5 Å². The molecular formula is C18H25N3O5. The van der Waals surface area contributed by atoms with Gasteiger partial charge in [-0.3, -0.25) is 4.79 Å². The molecule has 0 aliphatic rings. The minimum absolute atomic E-state index is 0.0269. The number of amides is 1. The molecule has 0 bridgehead atoms. The molecule has 0 aliphatic carbocycles. The summed E-state index contributed by atoms with van der Waals surface area (Å²) >= 11 is 0. The van der Waals surface area contributed by atoms with E-state index in [1.807, 2.05) is 6.92 Å². The summed E-state index contributed by atoms with van der Waals surface area (Å²) in [7, 11) is 0. The van der Waals surface area contributed by atoms with E-state index in [1.165, 1.54) is 6.20 Å². The van der Waals surface area contributed by atoms with Crippen molar-refractivity contribution in [3.8, 4) is 5.88 Å². The van der Waals surface area contributed by atoms with E-state index >= 15 is 0 Å². The fraction of sp³-hybridized carbons (Fsp3) is 0.500. The highest BCUT2D eigenvalue weighted by Gasteiger charge is 2.14. The molecule has 8 heteroatoms. The summed E-state index contributed by atoms with van der Waals surface area (Å²) in [4.78, 5) is 16.0. The number of aliphatic hydroxyl groups excluding tert-OH is 2. The van der Waals surface area contributed by atoms with Crippen molar-refractivity contribution in [2.45, 2.75) is 45.8 Å². The predicted octanol–water partition coefficient (Wildman–Crippen LogP) is 1.38. The summed E-state index contributed by atoms with van der Waals surface area (Å²) in [5, 5.41) is 24.6. The Morgan fingerprint density at radius 2 is 2.23 bits per heavy atom. The molecule has 26 heavy (non-hydrogen) atoms. The molecule has 2 heterocycles. The zero-order valence-electron chi connectivity index (χ0n) is 15.1. The zero-order valence-corrected chi connectivity index (χ0v) is 15.1. The second-order valence-corrected chi connectivity index (χ2v) is 5.99. The van der Waals surface area contributed by atoms with Crippen LogP contribution in [-0.2, 0) is 13.0 Å². The Morgan fingerprint density at radius 1 is 1.42 bits per heavy atom. The third kappa shape index (κ3) is 5.53. The lowest BCUT2D eigenvalue weighted by molar-refractivity contribution is 0.0801. The van der Waals surface area contributed by atoms with Gasteiger partial charge < -0.3 is 24.8 Å². The van der Waals surface area contributed by atoms with Crippen molar-refractivity contribution in [1.82, 2.24) is 15.5 Å². The Bertz CT molecular complexity index is 699. The van der Waals surface area contributed by atoms with Gasteiger partial charge in [0.25, 0.3) is 5.91 Å². The standard InChI is InChI=1S/C18H25N3O5/c1-3-4-5-16-15(12(2)26-21-16)11-25-17-7-6-13(8-19-17)18(24)20-9-14(23)10-22/h6-8,14,22-23H,3-5,9-11H2,1-2H3,(H,20,24). The fourth-order valence-corrected chi connectivity index (χ4v) is 2.29. The lowest BCUT2D eigenvalue weighted by Gasteiger charge is -2.09. The van der Waals surface area contributed by atoms with Crippen molar-refractivity contribution < 1.29 is 24.3 Å². The summed E-state index contributed by atoms with van der Waals surface area (Å²) in [6.07, 6.45) is 3.37. The first-order chi connectivity index (χ1) is 12.5. The zero-order chi connectivity index (χ0) is 18.9. The summed E-state index contributed by atoms with van der Waals surface area (Å²) in [5.74, 6) is 0.738. The van der Waals surface area contributed by atoms with Crippen molar-refractivity contribution in [1.29, 1.82) is 0 Å². The number of carbonyl (C=O) groups is 1. The fourth-order valence-electron chi connectivity index (χ4n) is 2.29. The molecule has 0 saturated carbocycles. The molecule has 0 aliphatic heterocycles.